The van der Waals surface area contributed by atoms with E-state index in [1.807, 2.05) is 36.4 Å². The Morgan fingerprint density at radius 1 is 0.882 bits per heavy atom. The van der Waals surface area contributed by atoms with Crippen molar-refractivity contribution in [3.8, 4) is 34.4 Å². The third-order valence-corrected chi connectivity index (χ3v) is 6.23. The molecule has 0 fully saturated rings. The van der Waals surface area contributed by atoms with Crippen molar-refractivity contribution in [1.82, 2.24) is 14.8 Å². The predicted octanol–water partition coefficient (Wildman–Crippen LogP) is 4.00. The summed E-state index contributed by atoms with van der Waals surface area (Å²) < 4.78 is 23.5. The Bertz CT molecular complexity index is 1300. The number of anilines is 1. The van der Waals surface area contributed by atoms with Gasteiger partial charge in [-0.3, -0.25) is 4.79 Å². The van der Waals surface area contributed by atoms with Crippen LogP contribution in [0.4, 0.5) is 5.95 Å². The Morgan fingerprint density at radius 2 is 1.56 bits per heavy atom. The molecule has 2 heterocycles. The lowest BCUT2D eigenvalue weighted by atomic mass is 9.85. The summed E-state index contributed by atoms with van der Waals surface area (Å²) in [5, 5.41) is 8.18. The van der Waals surface area contributed by atoms with Gasteiger partial charge in [0.1, 0.15) is 6.04 Å². The summed E-state index contributed by atoms with van der Waals surface area (Å²) in [6.45, 7) is 0. The van der Waals surface area contributed by atoms with Gasteiger partial charge in [-0.25, -0.2) is 4.68 Å². The maximum atomic E-state index is 13.1. The number of benzene rings is 2. The summed E-state index contributed by atoms with van der Waals surface area (Å²) in [4.78, 5) is 17.8. The fourth-order valence-corrected chi connectivity index (χ4v) is 4.58. The molecular weight excluding hydrogens is 436 g/mol. The molecular formula is C25H26N4O5. The molecule has 34 heavy (non-hydrogen) atoms. The smallest absolute Gasteiger partial charge is 0.226 e. The Kier molecular flexibility index (Phi) is 5.61. The SMILES string of the molecule is COc1ccc(-c2nc3n(n2)C(c2ccc(OC)c(OC)c2)C2=C(CCCC2=O)N3)cc1OC. The second-order valence-electron chi connectivity index (χ2n) is 8.08. The zero-order chi connectivity index (χ0) is 23.8. The van der Waals surface area contributed by atoms with Crippen molar-refractivity contribution >= 4 is 11.7 Å². The van der Waals surface area contributed by atoms with Crippen molar-refractivity contribution < 1.29 is 23.7 Å². The number of Topliss-reactive ketones (excluding diaryl/α,β-unsaturated/α-hetero) is 1. The van der Waals surface area contributed by atoms with Crippen molar-refractivity contribution in [3.05, 3.63) is 53.2 Å². The number of aromatic nitrogens is 3. The van der Waals surface area contributed by atoms with Gasteiger partial charge in [0, 0.05) is 23.3 Å². The van der Waals surface area contributed by atoms with E-state index in [0.717, 1.165) is 35.2 Å². The first-order chi connectivity index (χ1) is 16.6. The van der Waals surface area contributed by atoms with Crippen molar-refractivity contribution in [2.75, 3.05) is 33.8 Å². The monoisotopic (exact) mass is 462 g/mol. The fourth-order valence-electron chi connectivity index (χ4n) is 4.58. The van der Waals surface area contributed by atoms with Gasteiger partial charge < -0.3 is 24.3 Å². The maximum absolute atomic E-state index is 13.1. The quantitative estimate of drug-likeness (QED) is 0.587. The van der Waals surface area contributed by atoms with Gasteiger partial charge in [-0.2, -0.15) is 4.98 Å². The number of hydrogen-bond acceptors (Lipinski definition) is 8. The lowest BCUT2D eigenvalue weighted by Crippen LogP contribution is -2.31. The molecule has 0 spiro atoms. The molecule has 2 aromatic carbocycles. The predicted molar refractivity (Wildman–Crippen MR) is 126 cm³/mol. The van der Waals surface area contributed by atoms with Crippen molar-refractivity contribution in [2.24, 2.45) is 0 Å². The third kappa shape index (κ3) is 3.53. The van der Waals surface area contributed by atoms with Crippen LogP contribution in [-0.4, -0.2) is 49.0 Å². The highest BCUT2D eigenvalue weighted by molar-refractivity contribution is 5.99. The summed E-state index contributed by atoms with van der Waals surface area (Å²) in [6.07, 6.45) is 2.10. The molecule has 3 aromatic rings. The van der Waals surface area contributed by atoms with Crippen molar-refractivity contribution in [1.29, 1.82) is 0 Å². The van der Waals surface area contributed by atoms with Crippen LogP contribution in [-0.2, 0) is 4.79 Å². The number of methoxy groups -OCH3 is 4. The molecule has 1 unspecified atom stereocenters. The Balaban J connectivity index is 1.65. The van der Waals surface area contributed by atoms with Crippen LogP contribution in [0, 0.1) is 0 Å². The second-order valence-corrected chi connectivity index (χ2v) is 8.08. The number of ether oxygens (including phenoxy) is 4. The van der Waals surface area contributed by atoms with E-state index in [2.05, 4.69) is 5.32 Å². The van der Waals surface area contributed by atoms with E-state index < -0.39 is 6.04 Å². The number of ketones is 1. The highest BCUT2D eigenvalue weighted by Gasteiger charge is 2.37. The number of rotatable bonds is 6. The normalized spacial score (nSPS) is 16.9. The number of nitrogens with zero attached hydrogens (tertiary/aromatic N) is 3. The summed E-state index contributed by atoms with van der Waals surface area (Å²) in [5.41, 5.74) is 3.26. The van der Waals surface area contributed by atoms with E-state index in [1.54, 1.807) is 33.1 Å². The van der Waals surface area contributed by atoms with Gasteiger partial charge in [-0.05, 0) is 48.7 Å². The van der Waals surface area contributed by atoms with E-state index in [-0.39, 0.29) is 5.78 Å². The van der Waals surface area contributed by atoms with Gasteiger partial charge in [0.05, 0.1) is 28.4 Å². The second kappa shape index (κ2) is 8.74. The van der Waals surface area contributed by atoms with E-state index in [9.17, 15) is 4.79 Å². The average Bonchev–Trinajstić information content (AvgIpc) is 3.30. The highest BCUT2D eigenvalue weighted by atomic mass is 16.5. The van der Waals surface area contributed by atoms with Crippen molar-refractivity contribution in [2.45, 2.75) is 25.3 Å². The Morgan fingerprint density at radius 3 is 2.26 bits per heavy atom. The van der Waals surface area contributed by atoms with Crippen LogP contribution in [0.5, 0.6) is 23.0 Å². The van der Waals surface area contributed by atoms with Gasteiger partial charge in [0.25, 0.3) is 0 Å². The highest BCUT2D eigenvalue weighted by Crippen LogP contribution is 2.43. The minimum absolute atomic E-state index is 0.113. The van der Waals surface area contributed by atoms with Crippen LogP contribution in [0.25, 0.3) is 11.4 Å². The lowest BCUT2D eigenvalue weighted by molar-refractivity contribution is -0.116. The van der Waals surface area contributed by atoms with E-state index >= 15 is 0 Å². The first-order valence-electron chi connectivity index (χ1n) is 11.0. The summed E-state index contributed by atoms with van der Waals surface area (Å²) in [6, 6.07) is 10.8. The molecule has 9 nitrogen and oxygen atoms in total. The molecule has 0 saturated carbocycles. The maximum Gasteiger partial charge on any atom is 0.226 e. The molecule has 1 atom stereocenters. The van der Waals surface area contributed by atoms with Gasteiger partial charge in [-0.1, -0.05) is 6.07 Å². The van der Waals surface area contributed by atoms with Gasteiger partial charge in [-0.15, -0.1) is 5.10 Å². The number of fused-ring (bicyclic) bond motifs is 1. The summed E-state index contributed by atoms with van der Waals surface area (Å²) >= 11 is 0. The standard InChI is InChI=1S/C25H26N4O5/c1-31-18-10-8-14(12-20(18)33-3)23-22-16(6-5-7-17(22)30)26-25-27-24(28-29(23)25)15-9-11-19(32-2)21(13-15)34-4/h8-13,23H,5-7H2,1-4H3,(H,26,27,28). The van der Waals surface area contributed by atoms with E-state index in [4.69, 9.17) is 29.0 Å². The molecule has 0 bridgehead atoms. The number of allylic oxidation sites excluding steroid dienone is 2. The molecule has 1 aliphatic carbocycles. The average molecular weight is 463 g/mol. The number of carbonyl (C=O) groups is 1. The fraction of sp³-hybridized carbons (Fsp3) is 0.320. The molecule has 2 aliphatic rings. The molecule has 1 aliphatic heterocycles. The molecule has 0 saturated heterocycles. The lowest BCUT2D eigenvalue weighted by Gasteiger charge is -2.32. The Hall–Kier alpha value is -4.01. The molecule has 0 radical (unpaired) electrons. The largest absolute Gasteiger partial charge is 0.493 e. The number of hydrogen-bond donors (Lipinski definition) is 1. The third-order valence-electron chi connectivity index (χ3n) is 6.23. The minimum atomic E-state index is -0.430. The number of nitrogens with one attached hydrogen (secondary N) is 1. The molecule has 5 rings (SSSR count). The molecule has 0 amide bonds. The van der Waals surface area contributed by atoms with E-state index in [0.29, 0.717) is 41.2 Å². The van der Waals surface area contributed by atoms with E-state index in [1.165, 1.54) is 0 Å². The van der Waals surface area contributed by atoms with Crippen LogP contribution < -0.4 is 24.3 Å². The first-order valence-corrected chi connectivity index (χ1v) is 11.0. The van der Waals surface area contributed by atoms with Gasteiger partial charge in [0.2, 0.25) is 5.95 Å². The van der Waals surface area contributed by atoms with Crippen LogP contribution in [0.2, 0.25) is 0 Å². The molecule has 176 valence electrons. The summed E-state index contributed by atoms with van der Waals surface area (Å²) in [7, 11) is 6.37. The van der Waals surface area contributed by atoms with Crippen LogP contribution in [0.3, 0.4) is 0 Å². The molecule has 1 N–H and O–H groups in total. The number of carbonyl (C=O) groups excluding carboxylic acids is 1. The van der Waals surface area contributed by atoms with Crippen LogP contribution >= 0.6 is 0 Å². The van der Waals surface area contributed by atoms with Crippen LogP contribution in [0.1, 0.15) is 30.9 Å². The minimum Gasteiger partial charge on any atom is -0.493 e. The topological polar surface area (TPSA) is 96.7 Å². The zero-order valence-corrected chi connectivity index (χ0v) is 19.5. The molecule has 1 aromatic heterocycles. The molecule has 9 heteroatoms. The first kappa shape index (κ1) is 21.8. The Labute approximate surface area is 197 Å². The van der Waals surface area contributed by atoms with Gasteiger partial charge in [0.15, 0.2) is 34.6 Å². The van der Waals surface area contributed by atoms with Crippen molar-refractivity contribution in [3.63, 3.8) is 0 Å². The van der Waals surface area contributed by atoms with Gasteiger partial charge >= 0.3 is 0 Å². The zero-order valence-electron chi connectivity index (χ0n) is 19.5. The van der Waals surface area contributed by atoms with Crippen LogP contribution in [0.15, 0.2) is 47.7 Å². The summed E-state index contributed by atoms with van der Waals surface area (Å²) in [5.74, 6) is 3.63.